The van der Waals surface area contributed by atoms with Crippen LogP contribution in [-0.2, 0) is 6.42 Å². The summed E-state index contributed by atoms with van der Waals surface area (Å²) in [5, 5.41) is 9.42. The predicted octanol–water partition coefficient (Wildman–Crippen LogP) is 4.01. The average Bonchev–Trinajstić information content (AvgIpc) is 2.63. The monoisotopic (exact) mass is 335 g/mol. The third kappa shape index (κ3) is 3.50. The summed E-state index contributed by atoms with van der Waals surface area (Å²) in [5.74, 6) is -0.579. The summed E-state index contributed by atoms with van der Waals surface area (Å²) in [7, 11) is 0. The zero-order valence-electron chi connectivity index (χ0n) is 13.7. The van der Waals surface area contributed by atoms with Crippen molar-refractivity contribution in [1.82, 2.24) is 4.98 Å². The van der Waals surface area contributed by atoms with Crippen LogP contribution >= 0.6 is 0 Å². The zero-order valence-corrected chi connectivity index (χ0v) is 13.7. The van der Waals surface area contributed by atoms with Crippen LogP contribution in [0.3, 0.4) is 0 Å². The lowest BCUT2D eigenvalue weighted by Gasteiger charge is -2.07. The smallest absolute Gasteiger partial charge is 0.335 e. The van der Waals surface area contributed by atoms with E-state index in [1.807, 2.05) is 25.1 Å². The molecule has 0 aliphatic carbocycles. The molecule has 0 radical (unpaired) electrons. The van der Waals surface area contributed by atoms with E-state index in [4.69, 9.17) is 9.52 Å². The predicted molar refractivity (Wildman–Crippen MR) is 96.6 cm³/mol. The molecule has 25 heavy (non-hydrogen) atoms. The number of hydrogen-bond acceptors (Lipinski definition) is 4. The number of pyridine rings is 1. The number of benzene rings is 1. The zero-order chi connectivity index (χ0) is 17.8. The molecule has 2 aromatic heterocycles. The third-order valence-corrected chi connectivity index (χ3v) is 3.87. The summed E-state index contributed by atoms with van der Waals surface area (Å²) in [5.41, 5.74) is 1.71. The van der Waals surface area contributed by atoms with Gasteiger partial charge in [-0.05, 0) is 48.4 Å². The van der Waals surface area contributed by atoms with E-state index in [9.17, 15) is 9.59 Å². The van der Waals surface area contributed by atoms with Crippen LogP contribution in [0.1, 0.15) is 40.6 Å². The molecule has 0 saturated heterocycles. The van der Waals surface area contributed by atoms with Gasteiger partial charge < -0.3 is 9.52 Å². The van der Waals surface area contributed by atoms with Crippen LogP contribution in [0.2, 0.25) is 0 Å². The second-order valence-electron chi connectivity index (χ2n) is 5.66. The first-order valence-electron chi connectivity index (χ1n) is 8.01. The van der Waals surface area contributed by atoms with Gasteiger partial charge in [0.05, 0.1) is 10.9 Å². The Morgan fingerprint density at radius 1 is 1.28 bits per heavy atom. The largest absolute Gasteiger partial charge is 0.478 e. The second-order valence-corrected chi connectivity index (χ2v) is 5.66. The first-order valence-corrected chi connectivity index (χ1v) is 8.01. The van der Waals surface area contributed by atoms with E-state index < -0.39 is 5.97 Å². The molecule has 126 valence electrons. The Kier molecular flexibility index (Phi) is 4.75. The van der Waals surface area contributed by atoms with Crippen LogP contribution in [0.15, 0.2) is 51.9 Å². The van der Waals surface area contributed by atoms with E-state index >= 15 is 0 Å². The molecule has 0 spiro atoms. The van der Waals surface area contributed by atoms with Crippen LogP contribution in [0, 0.1) is 0 Å². The summed E-state index contributed by atoms with van der Waals surface area (Å²) in [6, 6.07) is 8.06. The summed E-state index contributed by atoms with van der Waals surface area (Å²) >= 11 is 0. The standard InChI is InChI=1S/C20H17NO4/c1-2-4-15-17(8-6-13-5-3-10-21-12-13)25-18-9-7-14(20(23)24)11-16(18)19(15)22/h3,5-12H,2,4H2,1H3,(H,23,24). The fraction of sp³-hybridized carbons (Fsp3) is 0.150. The van der Waals surface area contributed by atoms with Gasteiger partial charge in [-0.25, -0.2) is 4.79 Å². The van der Waals surface area contributed by atoms with Crippen molar-refractivity contribution in [2.24, 2.45) is 0 Å². The van der Waals surface area contributed by atoms with E-state index in [2.05, 4.69) is 4.98 Å². The number of hydrogen-bond donors (Lipinski definition) is 1. The van der Waals surface area contributed by atoms with Gasteiger partial charge in [-0.1, -0.05) is 19.4 Å². The first kappa shape index (κ1) is 16.6. The molecule has 1 aromatic carbocycles. The maximum absolute atomic E-state index is 12.8. The van der Waals surface area contributed by atoms with E-state index in [1.54, 1.807) is 18.5 Å². The minimum absolute atomic E-state index is 0.0703. The maximum Gasteiger partial charge on any atom is 0.335 e. The summed E-state index contributed by atoms with van der Waals surface area (Å²) in [6.07, 6.45) is 8.34. The molecule has 3 rings (SSSR count). The van der Waals surface area contributed by atoms with Crippen molar-refractivity contribution in [3.8, 4) is 0 Å². The number of rotatable bonds is 5. The lowest BCUT2D eigenvalue weighted by Crippen LogP contribution is -2.12. The number of aromatic carboxylic acids is 1. The summed E-state index contributed by atoms with van der Waals surface area (Å²) in [6.45, 7) is 1.98. The third-order valence-electron chi connectivity index (χ3n) is 3.87. The van der Waals surface area contributed by atoms with E-state index in [0.717, 1.165) is 12.0 Å². The van der Waals surface area contributed by atoms with Gasteiger partial charge in [0.25, 0.3) is 0 Å². The van der Waals surface area contributed by atoms with Gasteiger partial charge in [0.1, 0.15) is 11.3 Å². The fourth-order valence-corrected chi connectivity index (χ4v) is 2.65. The molecular formula is C20H17NO4. The average molecular weight is 335 g/mol. The van der Waals surface area contributed by atoms with Gasteiger partial charge in [0.2, 0.25) is 0 Å². The van der Waals surface area contributed by atoms with Crippen LogP contribution in [-0.4, -0.2) is 16.1 Å². The molecule has 0 bridgehead atoms. The highest BCUT2D eigenvalue weighted by Gasteiger charge is 2.14. The molecule has 0 saturated carbocycles. The molecule has 5 heteroatoms. The lowest BCUT2D eigenvalue weighted by molar-refractivity contribution is 0.0697. The van der Waals surface area contributed by atoms with Crippen molar-refractivity contribution in [1.29, 1.82) is 0 Å². The molecule has 2 heterocycles. The fourth-order valence-electron chi connectivity index (χ4n) is 2.65. The normalized spacial score (nSPS) is 11.2. The quantitative estimate of drug-likeness (QED) is 0.762. The van der Waals surface area contributed by atoms with Gasteiger partial charge in [-0.3, -0.25) is 9.78 Å². The number of carboxylic acids is 1. The molecule has 0 unspecified atom stereocenters. The second kappa shape index (κ2) is 7.13. The number of carbonyl (C=O) groups is 1. The molecule has 5 nitrogen and oxygen atoms in total. The van der Waals surface area contributed by atoms with E-state index in [1.165, 1.54) is 18.2 Å². The van der Waals surface area contributed by atoms with E-state index in [0.29, 0.717) is 28.7 Å². The highest BCUT2D eigenvalue weighted by Crippen LogP contribution is 2.20. The molecule has 0 aliphatic rings. The van der Waals surface area contributed by atoms with Crippen molar-refractivity contribution >= 4 is 29.1 Å². The van der Waals surface area contributed by atoms with Crippen molar-refractivity contribution in [2.75, 3.05) is 0 Å². The Morgan fingerprint density at radius 3 is 2.80 bits per heavy atom. The number of fused-ring (bicyclic) bond motifs is 1. The van der Waals surface area contributed by atoms with Gasteiger partial charge in [0.15, 0.2) is 5.43 Å². The maximum atomic E-state index is 12.8. The first-order chi connectivity index (χ1) is 12.1. The Morgan fingerprint density at radius 2 is 2.12 bits per heavy atom. The SMILES string of the molecule is CCCc1c(C=Cc2cccnc2)oc2ccc(C(=O)O)cc2c1=O. The van der Waals surface area contributed by atoms with Crippen LogP contribution < -0.4 is 5.43 Å². The Labute approximate surface area is 144 Å². The highest BCUT2D eigenvalue weighted by molar-refractivity contribution is 5.93. The molecule has 0 amide bonds. The Bertz CT molecular complexity index is 1000. The minimum atomic E-state index is -1.07. The van der Waals surface area contributed by atoms with Crippen LogP contribution in [0.25, 0.3) is 23.1 Å². The van der Waals surface area contributed by atoms with Gasteiger partial charge in [0, 0.05) is 18.0 Å². The molecule has 0 aliphatic heterocycles. The summed E-state index contributed by atoms with van der Waals surface area (Å²) in [4.78, 5) is 28.0. The van der Waals surface area contributed by atoms with Crippen molar-refractivity contribution < 1.29 is 14.3 Å². The van der Waals surface area contributed by atoms with Crippen molar-refractivity contribution in [3.63, 3.8) is 0 Å². The lowest BCUT2D eigenvalue weighted by atomic mass is 10.0. The van der Waals surface area contributed by atoms with Gasteiger partial charge in [-0.2, -0.15) is 0 Å². The highest BCUT2D eigenvalue weighted by atomic mass is 16.4. The number of aromatic nitrogens is 1. The number of carboxylic acid groups (broad SMARTS) is 1. The summed E-state index contributed by atoms with van der Waals surface area (Å²) < 4.78 is 5.88. The van der Waals surface area contributed by atoms with Gasteiger partial charge >= 0.3 is 5.97 Å². The van der Waals surface area contributed by atoms with E-state index in [-0.39, 0.29) is 11.0 Å². The molecular weight excluding hydrogens is 318 g/mol. The van der Waals surface area contributed by atoms with Gasteiger partial charge in [-0.15, -0.1) is 0 Å². The number of nitrogens with zero attached hydrogens (tertiary/aromatic N) is 1. The molecule has 0 atom stereocenters. The molecule has 3 aromatic rings. The Balaban J connectivity index is 2.16. The topological polar surface area (TPSA) is 80.4 Å². The Hall–Kier alpha value is -3.21. The molecule has 1 N–H and O–H groups in total. The van der Waals surface area contributed by atoms with Crippen LogP contribution in [0.4, 0.5) is 0 Å². The van der Waals surface area contributed by atoms with Crippen molar-refractivity contribution in [2.45, 2.75) is 19.8 Å². The van der Waals surface area contributed by atoms with Crippen LogP contribution in [0.5, 0.6) is 0 Å². The minimum Gasteiger partial charge on any atom is -0.478 e. The molecule has 0 fully saturated rings. The van der Waals surface area contributed by atoms with Crippen molar-refractivity contribution in [3.05, 3.63) is 75.4 Å².